The van der Waals surface area contributed by atoms with Crippen LogP contribution in [0.2, 0.25) is 0 Å². The van der Waals surface area contributed by atoms with Gasteiger partial charge < -0.3 is 14.0 Å². The van der Waals surface area contributed by atoms with Crippen molar-refractivity contribution >= 4 is 11.9 Å². The lowest BCUT2D eigenvalue weighted by Gasteiger charge is -2.23. The van der Waals surface area contributed by atoms with Gasteiger partial charge in [-0.15, -0.1) is 0 Å². The summed E-state index contributed by atoms with van der Waals surface area (Å²) >= 11 is 0. The molecule has 0 aromatic carbocycles. The highest BCUT2D eigenvalue weighted by atomic mass is 16.5. The fraction of sp³-hybridized carbons (Fsp3) is 0.773. The fourth-order valence-corrected chi connectivity index (χ4v) is 6.73. The van der Waals surface area contributed by atoms with Crippen LogP contribution >= 0.6 is 0 Å². The Kier molecular flexibility index (Phi) is 29.1. The number of esters is 2. The van der Waals surface area contributed by atoms with E-state index >= 15 is 0 Å². The van der Waals surface area contributed by atoms with Gasteiger partial charge in [-0.05, 0) is 77.0 Å². The number of ether oxygens (including phenoxy) is 2. The van der Waals surface area contributed by atoms with Crippen LogP contribution in [0.4, 0.5) is 0 Å². The highest BCUT2D eigenvalue weighted by Crippen LogP contribution is 2.28. The van der Waals surface area contributed by atoms with Crippen LogP contribution in [0.25, 0.3) is 0 Å². The van der Waals surface area contributed by atoms with Gasteiger partial charge in [0.2, 0.25) is 0 Å². The van der Waals surface area contributed by atoms with Gasteiger partial charge in [0, 0.05) is 12.8 Å². The number of likely N-dealkylation sites (tertiary alicyclic amines) is 1. The third kappa shape index (κ3) is 28.3. The maximum atomic E-state index is 12.5. The van der Waals surface area contributed by atoms with Gasteiger partial charge in [0.25, 0.3) is 0 Å². The third-order valence-electron chi connectivity index (χ3n) is 9.70. The number of allylic oxidation sites excluding steroid dienone is 8. The van der Waals surface area contributed by atoms with E-state index in [2.05, 4.69) is 76.6 Å². The molecule has 2 atom stereocenters. The first-order valence-corrected chi connectivity index (χ1v) is 20.6. The molecular formula is C44H78NO4+. The number of carbonyl (C=O) groups is 2. The molecule has 0 aromatic heterocycles. The summed E-state index contributed by atoms with van der Waals surface area (Å²) in [4.78, 5) is 24.9. The minimum absolute atomic E-state index is 0.0834. The van der Waals surface area contributed by atoms with Gasteiger partial charge >= 0.3 is 11.9 Å². The van der Waals surface area contributed by atoms with E-state index in [4.69, 9.17) is 9.47 Å². The average molecular weight is 685 g/mol. The molecule has 5 nitrogen and oxygen atoms in total. The van der Waals surface area contributed by atoms with Crippen molar-refractivity contribution in [2.45, 2.75) is 168 Å². The molecule has 1 fully saturated rings. The summed E-state index contributed by atoms with van der Waals surface area (Å²) in [5.41, 5.74) is 0. The number of nitrogens with zero attached hydrogens (tertiary/aromatic N) is 1. The minimum Gasteiger partial charge on any atom is -0.465 e. The number of carbonyl (C=O) groups excluding carboxylic acids is 2. The largest absolute Gasteiger partial charge is 0.465 e. The number of hydrogen-bond acceptors (Lipinski definition) is 4. The first kappa shape index (κ1) is 44.9. The fourth-order valence-electron chi connectivity index (χ4n) is 6.73. The second-order valence-electron chi connectivity index (χ2n) is 15.1. The second kappa shape index (κ2) is 31.8. The van der Waals surface area contributed by atoms with Crippen LogP contribution < -0.4 is 0 Å². The second-order valence-corrected chi connectivity index (χ2v) is 15.1. The van der Waals surface area contributed by atoms with E-state index in [-0.39, 0.29) is 23.8 Å². The smallest absolute Gasteiger partial charge is 0.305 e. The van der Waals surface area contributed by atoms with Crippen LogP contribution in [0.5, 0.6) is 0 Å². The average Bonchev–Trinajstić information content (AvgIpc) is 3.39. The molecule has 0 saturated carbocycles. The molecule has 1 aliphatic heterocycles. The van der Waals surface area contributed by atoms with Crippen molar-refractivity contribution in [2.75, 3.05) is 40.4 Å². The molecule has 0 unspecified atom stereocenters. The van der Waals surface area contributed by atoms with E-state index in [0.29, 0.717) is 26.1 Å². The molecule has 5 heteroatoms. The zero-order valence-corrected chi connectivity index (χ0v) is 32.7. The maximum absolute atomic E-state index is 12.5. The summed E-state index contributed by atoms with van der Waals surface area (Å²) in [6.45, 7) is 7.27. The third-order valence-corrected chi connectivity index (χ3v) is 9.70. The lowest BCUT2D eigenvalue weighted by atomic mass is 9.98. The van der Waals surface area contributed by atoms with Gasteiger partial charge in [-0.1, -0.05) is 127 Å². The molecule has 1 aliphatic rings. The lowest BCUT2D eigenvalue weighted by Crippen LogP contribution is -2.37. The Hall–Kier alpha value is -2.14. The first-order valence-electron chi connectivity index (χ1n) is 20.6. The molecule has 282 valence electrons. The van der Waals surface area contributed by atoms with Crippen molar-refractivity contribution in [3.63, 3.8) is 0 Å². The molecule has 0 amide bonds. The Morgan fingerprint density at radius 2 is 0.816 bits per heavy atom. The Bertz CT molecular complexity index is 846. The summed E-state index contributed by atoms with van der Waals surface area (Å²) in [6.07, 6.45) is 45.3. The predicted molar refractivity (Wildman–Crippen MR) is 209 cm³/mol. The molecule has 0 spiro atoms. The zero-order valence-electron chi connectivity index (χ0n) is 32.7. The van der Waals surface area contributed by atoms with Gasteiger partial charge in [-0.25, -0.2) is 0 Å². The van der Waals surface area contributed by atoms with E-state index in [1.54, 1.807) is 0 Å². The molecule has 0 aliphatic carbocycles. The molecular weight excluding hydrogens is 606 g/mol. The normalized spacial score (nSPS) is 17.7. The van der Waals surface area contributed by atoms with Crippen molar-refractivity contribution in [3.05, 3.63) is 48.6 Å². The van der Waals surface area contributed by atoms with Crippen LogP contribution in [0, 0.1) is 11.8 Å². The standard InChI is InChI=1S/C44H78NO4/c1-5-7-9-11-13-15-17-19-21-23-25-27-29-31-33-35-43(46)48-39-41-37-45(3,4)38-42(41)40-49-44(47)36-34-32-30-28-26-24-22-20-18-16-14-12-10-8-6-2/h13-16,19-22,41-42H,5-12,17-18,23-40H2,1-4H3/q+1/b15-13-,16-14-,21-19-,22-20-/t41-,42-/m0/s1. The molecule has 0 aromatic rings. The SMILES string of the molecule is CCCCC/C=C\C/C=C\CCCCCCCC(=O)OC[C@@H]1C[N+](C)(C)C[C@H]1COC(=O)CCCCCCC/C=C\C/C=C\CCCCC. The summed E-state index contributed by atoms with van der Waals surface area (Å²) in [5, 5.41) is 0. The molecule has 1 heterocycles. The van der Waals surface area contributed by atoms with Gasteiger partial charge in [0.1, 0.15) is 13.2 Å². The predicted octanol–water partition coefficient (Wildman–Crippen LogP) is 12.0. The van der Waals surface area contributed by atoms with Gasteiger partial charge in [-0.2, -0.15) is 0 Å². The van der Waals surface area contributed by atoms with E-state index in [9.17, 15) is 9.59 Å². The van der Waals surface area contributed by atoms with Crippen LogP contribution in [0.1, 0.15) is 168 Å². The summed E-state index contributed by atoms with van der Waals surface area (Å²) in [5.74, 6) is 0.319. The Morgan fingerprint density at radius 1 is 0.490 bits per heavy atom. The van der Waals surface area contributed by atoms with Crippen molar-refractivity contribution in [2.24, 2.45) is 11.8 Å². The van der Waals surface area contributed by atoms with Crippen LogP contribution in [-0.2, 0) is 19.1 Å². The molecule has 1 saturated heterocycles. The Labute approximate surface area is 303 Å². The lowest BCUT2D eigenvalue weighted by molar-refractivity contribution is -0.880. The van der Waals surface area contributed by atoms with Crippen molar-refractivity contribution in [1.29, 1.82) is 0 Å². The van der Waals surface area contributed by atoms with E-state index in [1.165, 1.54) is 89.9 Å². The highest BCUT2D eigenvalue weighted by Gasteiger charge is 2.41. The minimum atomic E-state index is -0.0834. The summed E-state index contributed by atoms with van der Waals surface area (Å²) < 4.78 is 12.3. The number of quaternary nitrogens is 1. The van der Waals surface area contributed by atoms with Crippen LogP contribution in [0.3, 0.4) is 0 Å². The van der Waals surface area contributed by atoms with Crippen LogP contribution in [0.15, 0.2) is 48.6 Å². The number of hydrogen-bond donors (Lipinski definition) is 0. The van der Waals surface area contributed by atoms with Crippen molar-refractivity contribution in [3.8, 4) is 0 Å². The number of unbranched alkanes of at least 4 members (excludes halogenated alkanes) is 16. The van der Waals surface area contributed by atoms with Gasteiger partial charge in [0.05, 0.1) is 39.0 Å². The molecule has 0 bridgehead atoms. The number of rotatable bonds is 32. The van der Waals surface area contributed by atoms with Crippen LogP contribution in [-0.4, -0.2) is 56.8 Å². The molecule has 1 rings (SSSR count). The highest BCUT2D eigenvalue weighted by molar-refractivity contribution is 5.69. The van der Waals surface area contributed by atoms with E-state index in [1.807, 2.05) is 0 Å². The molecule has 0 N–H and O–H groups in total. The molecule has 49 heavy (non-hydrogen) atoms. The van der Waals surface area contributed by atoms with Gasteiger partial charge in [-0.3, -0.25) is 9.59 Å². The van der Waals surface area contributed by atoms with E-state index < -0.39 is 0 Å². The first-order chi connectivity index (χ1) is 23.9. The van der Waals surface area contributed by atoms with Crippen molar-refractivity contribution in [1.82, 2.24) is 0 Å². The quantitative estimate of drug-likeness (QED) is 0.0306. The Morgan fingerprint density at radius 3 is 1.18 bits per heavy atom. The zero-order chi connectivity index (χ0) is 35.7. The van der Waals surface area contributed by atoms with Crippen molar-refractivity contribution < 1.29 is 23.5 Å². The maximum Gasteiger partial charge on any atom is 0.305 e. The topological polar surface area (TPSA) is 52.6 Å². The summed E-state index contributed by atoms with van der Waals surface area (Å²) in [7, 11) is 4.42. The van der Waals surface area contributed by atoms with E-state index in [0.717, 1.165) is 68.9 Å². The van der Waals surface area contributed by atoms with Gasteiger partial charge in [0.15, 0.2) is 0 Å². The summed E-state index contributed by atoms with van der Waals surface area (Å²) in [6, 6.07) is 0. The monoisotopic (exact) mass is 685 g/mol. The molecule has 0 radical (unpaired) electrons. The Balaban J connectivity index is 2.07.